The maximum Gasteiger partial charge on any atom is 0.422 e. The molecular formula is C14H7F7N4O2. The summed E-state index contributed by atoms with van der Waals surface area (Å²) in [5, 5.41) is 16.2. The number of halogens is 7. The van der Waals surface area contributed by atoms with Crippen LogP contribution in [0.25, 0.3) is 11.3 Å². The zero-order valence-electron chi connectivity index (χ0n) is 13.1. The molecule has 0 bridgehead atoms. The van der Waals surface area contributed by atoms with E-state index in [0.717, 1.165) is 0 Å². The highest BCUT2D eigenvalue weighted by Gasteiger charge is 2.43. The number of nitrogens with one attached hydrogen (secondary N) is 2. The summed E-state index contributed by atoms with van der Waals surface area (Å²) in [6, 6.07) is 1.36. The van der Waals surface area contributed by atoms with Crippen molar-refractivity contribution in [1.29, 1.82) is 5.26 Å². The summed E-state index contributed by atoms with van der Waals surface area (Å²) in [4.78, 5) is 11.3. The van der Waals surface area contributed by atoms with Crippen molar-refractivity contribution in [1.82, 2.24) is 10.2 Å². The number of hydrogen-bond donors (Lipinski definition) is 2. The van der Waals surface area contributed by atoms with Crippen LogP contribution >= 0.6 is 0 Å². The van der Waals surface area contributed by atoms with Gasteiger partial charge in [-0.25, -0.2) is 22.4 Å². The standard InChI is InChI=1S/C14H7F7N4O2/c1-2-27-13(26)23-12-4(3-22)11(24-25-12)5-7(15)9(17)6(14(19,20)21)10(18)8(5)16/h2H2,1H3,(H2,23,24,25,26). The Balaban J connectivity index is 2.69. The van der Waals surface area contributed by atoms with Gasteiger partial charge in [0, 0.05) is 0 Å². The highest BCUT2D eigenvalue weighted by molar-refractivity contribution is 5.87. The molecule has 0 saturated carbocycles. The molecule has 0 spiro atoms. The number of carbonyl (C=O) groups is 1. The van der Waals surface area contributed by atoms with Gasteiger partial charge in [0.25, 0.3) is 0 Å². The van der Waals surface area contributed by atoms with Crippen LogP contribution in [0.1, 0.15) is 18.1 Å². The Labute approximate surface area is 145 Å². The van der Waals surface area contributed by atoms with Gasteiger partial charge in [0.05, 0.1) is 17.9 Å². The predicted molar refractivity (Wildman–Crippen MR) is 74.2 cm³/mol. The van der Waals surface area contributed by atoms with Crippen LogP contribution in [0.5, 0.6) is 0 Å². The Hall–Kier alpha value is -3.30. The fourth-order valence-corrected chi connectivity index (χ4v) is 2.09. The number of hydrogen-bond acceptors (Lipinski definition) is 4. The van der Waals surface area contributed by atoms with Crippen molar-refractivity contribution in [3.63, 3.8) is 0 Å². The first-order chi connectivity index (χ1) is 12.5. The Morgan fingerprint density at radius 3 is 2.19 bits per heavy atom. The molecule has 2 N–H and O–H groups in total. The number of benzene rings is 1. The first-order valence-corrected chi connectivity index (χ1v) is 6.90. The third-order valence-electron chi connectivity index (χ3n) is 3.17. The van der Waals surface area contributed by atoms with Gasteiger partial charge in [0.1, 0.15) is 17.2 Å². The molecule has 13 heteroatoms. The van der Waals surface area contributed by atoms with Gasteiger partial charge in [-0.3, -0.25) is 10.4 Å². The van der Waals surface area contributed by atoms with E-state index in [2.05, 4.69) is 9.84 Å². The van der Waals surface area contributed by atoms with Crippen molar-refractivity contribution in [2.45, 2.75) is 13.1 Å². The zero-order chi connectivity index (χ0) is 20.5. The van der Waals surface area contributed by atoms with E-state index < -0.39 is 63.7 Å². The number of aromatic amines is 1. The second-order valence-electron chi connectivity index (χ2n) is 4.78. The molecule has 1 aromatic carbocycles. The summed E-state index contributed by atoms with van der Waals surface area (Å²) >= 11 is 0. The highest BCUT2D eigenvalue weighted by atomic mass is 19.4. The van der Waals surface area contributed by atoms with E-state index in [-0.39, 0.29) is 6.61 Å². The van der Waals surface area contributed by atoms with Crippen molar-refractivity contribution in [2.24, 2.45) is 0 Å². The Morgan fingerprint density at radius 1 is 1.19 bits per heavy atom. The van der Waals surface area contributed by atoms with Crippen LogP contribution in [0.4, 0.5) is 41.3 Å². The number of carbonyl (C=O) groups excluding carboxylic acids is 1. The first-order valence-electron chi connectivity index (χ1n) is 6.90. The molecule has 0 unspecified atom stereocenters. The summed E-state index contributed by atoms with van der Waals surface area (Å²) in [6.07, 6.45) is -6.82. The topological polar surface area (TPSA) is 90.8 Å². The molecule has 2 aromatic rings. The molecule has 0 fully saturated rings. The number of amides is 1. The number of nitrogens with zero attached hydrogens (tertiary/aromatic N) is 2. The van der Waals surface area contributed by atoms with Crippen molar-refractivity contribution in [3.05, 3.63) is 34.4 Å². The summed E-state index contributed by atoms with van der Waals surface area (Å²) in [5.74, 6) is -10.8. The first kappa shape index (κ1) is 20.0. The number of ether oxygens (including phenoxy) is 1. The van der Waals surface area contributed by atoms with E-state index in [4.69, 9.17) is 5.26 Å². The minimum atomic E-state index is -5.71. The van der Waals surface area contributed by atoms with Crippen molar-refractivity contribution in [2.75, 3.05) is 11.9 Å². The van der Waals surface area contributed by atoms with Crippen molar-refractivity contribution in [3.8, 4) is 17.3 Å². The zero-order valence-corrected chi connectivity index (χ0v) is 13.1. The van der Waals surface area contributed by atoms with Crippen LogP contribution in [0.2, 0.25) is 0 Å². The minimum absolute atomic E-state index is 0.0798. The quantitative estimate of drug-likeness (QED) is 0.604. The molecule has 0 saturated heterocycles. The molecular weight excluding hydrogens is 389 g/mol. The molecule has 0 aliphatic heterocycles. The van der Waals surface area contributed by atoms with Gasteiger partial charge in [0.15, 0.2) is 29.1 Å². The normalized spacial score (nSPS) is 11.2. The molecule has 0 radical (unpaired) electrons. The van der Waals surface area contributed by atoms with E-state index in [9.17, 15) is 35.5 Å². The minimum Gasteiger partial charge on any atom is -0.450 e. The second kappa shape index (κ2) is 7.14. The van der Waals surface area contributed by atoms with Gasteiger partial charge < -0.3 is 4.74 Å². The molecule has 6 nitrogen and oxygen atoms in total. The smallest absolute Gasteiger partial charge is 0.422 e. The molecule has 27 heavy (non-hydrogen) atoms. The number of nitriles is 1. The monoisotopic (exact) mass is 396 g/mol. The van der Waals surface area contributed by atoms with Gasteiger partial charge in [0.2, 0.25) is 0 Å². The number of alkyl halides is 3. The van der Waals surface area contributed by atoms with Crippen LogP contribution in [0.15, 0.2) is 0 Å². The molecule has 1 heterocycles. The molecule has 0 atom stereocenters. The van der Waals surface area contributed by atoms with Gasteiger partial charge >= 0.3 is 12.3 Å². The fourth-order valence-electron chi connectivity index (χ4n) is 2.09. The number of rotatable bonds is 3. The van der Waals surface area contributed by atoms with Gasteiger partial charge in [-0.15, -0.1) is 0 Å². The summed E-state index contributed by atoms with van der Waals surface area (Å²) < 4.78 is 98.0. The number of aromatic nitrogens is 2. The Morgan fingerprint density at radius 2 is 1.74 bits per heavy atom. The molecule has 144 valence electrons. The van der Waals surface area contributed by atoms with Crippen molar-refractivity contribution < 1.29 is 40.3 Å². The lowest BCUT2D eigenvalue weighted by Gasteiger charge is -2.13. The van der Waals surface area contributed by atoms with Gasteiger partial charge in [-0.05, 0) is 6.92 Å². The third kappa shape index (κ3) is 3.50. The van der Waals surface area contributed by atoms with Crippen LogP contribution in [0, 0.1) is 34.6 Å². The molecule has 0 aliphatic rings. The van der Waals surface area contributed by atoms with E-state index in [1.54, 1.807) is 0 Å². The molecule has 1 aromatic heterocycles. The molecule has 0 aliphatic carbocycles. The molecule has 1 amide bonds. The van der Waals surface area contributed by atoms with E-state index in [0.29, 0.717) is 0 Å². The second-order valence-corrected chi connectivity index (χ2v) is 4.78. The lowest BCUT2D eigenvalue weighted by atomic mass is 10.0. The summed E-state index contributed by atoms with van der Waals surface area (Å²) in [5.41, 5.74) is -6.16. The van der Waals surface area contributed by atoms with Crippen LogP contribution in [0.3, 0.4) is 0 Å². The van der Waals surface area contributed by atoms with Gasteiger partial charge in [-0.2, -0.15) is 23.5 Å². The van der Waals surface area contributed by atoms with Crippen LogP contribution < -0.4 is 5.32 Å². The lowest BCUT2D eigenvalue weighted by molar-refractivity contribution is -0.143. The number of H-pyrrole nitrogens is 1. The van der Waals surface area contributed by atoms with E-state index >= 15 is 0 Å². The number of anilines is 1. The maximum absolute atomic E-state index is 14.1. The SMILES string of the molecule is CCOC(=O)Nc1n[nH]c(-c2c(F)c(F)c(C(F)(F)F)c(F)c2F)c1C#N. The average molecular weight is 396 g/mol. The lowest BCUT2D eigenvalue weighted by Crippen LogP contribution is -2.16. The predicted octanol–water partition coefficient (Wildman–Crippen LogP) is 4.09. The fraction of sp³-hybridized carbons (Fsp3) is 0.214. The maximum atomic E-state index is 14.1. The highest BCUT2D eigenvalue weighted by Crippen LogP contribution is 2.40. The summed E-state index contributed by atoms with van der Waals surface area (Å²) in [6.45, 7) is 1.36. The van der Waals surface area contributed by atoms with E-state index in [1.165, 1.54) is 13.0 Å². The van der Waals surface area contributed by atoms with E-state index in [1.807, 2.05) is 10.4 Å². The van der Waals surface area contributed by atoms with Crippen LogP contribution in [-0.2, 0) is 10.9 Å². The summed E-state index contributed by atoms with van der Waals surface area (Å²) in [7, 11) is 0. The largest absolute Gasteiger partial charge is 0.450 e. The van der Waals surface area contributed by atoms with Crippen molar-refractivity contribution >= 4 is 11.9 Å². The third-order valence-corrected chi connectivity index (χ3v) is 3.17. The average Bonchev–Trinajstić information content (AvgIpc) is 2.94. The Kier molecular flexibility index (Phi) is 5.29. The van der Waals surface area contributed by atoms with Crippen LogP contribution in [-0.4, -0.2) is 22.9 Å². The van der Waals surface area contributed by atoms with Gasteiger partial charge in [-0.1, -0.05) is 0 Å². The molecule has 2 rings (SSSR count). The Bertz CT molecular complexity index is 917.